The van der Waals surface area contributed by atoms with Crippen LogP contribution in [0.15, 0.2) is 0 Å². The molecule has 1 aromatic heterocycles. The molecule has 2 aliphatic rings. The molecule has 2 saturated carbocycles. The van der Waals surface area contributed by atoms with Gasteiger partial charge in [0, 0.05) is 29.4 Å². The fraction of sp³-hybridized carbons (Fsp3) is 0.800. The first-order valence-electron chi connectivity index (χ1n) is 7.46. The Morgan fingerprint density at radius 1 is 1.26 bits per heavy atom. The molecule has 2 N–H and O–H groups in total. The van der Waals surface area contributed by atoms with Crippen LogP contribution < -0.4 is 10.6 Å². The summed E-state index contributed by atoms with van der Waals surface area (Å²) < 4.78 is 0. The highest BCUT2D eigenvalue weighted by atomic mass is 32.1. The van der Waals surface area contributed by atoms with E-state index in [1.54, 1.807) is 0 Å². The normalized spacial score (nSPS) is 19.8. The summed E-state index contributed by atoms with van der Waals surface area (Å²) in [6, 6.07) is 0.755. The zero-order valence-corrected chi connectivity index (χ0v) is 13.1. The lowest BCUT2D eigenvalue weighted by molar-refractivity contribution is 0.565. The van der Waals surface area contributed by atoms with Gasteiger partial charge in [-0.15, -0.1) is 11.3 Å². The number of rotatable bonds is 5. The third kappa shape index (κ3) is 2.95. The van der Waals surface area contributed by atoms with Crippen LogP contribution in [0.4, 0.5) is 5.13 Å². The van der Waals surface area contributed by atoms with Gasteiger partial charge in [-0.25, -0.2) is 4.98 Å². The van der Waals surface area contributed by atoms with Crippen molar-refractivity contribution < 1.29 is 0 Å². The van der Waals surface area contributed by atoms with E-state index < -0.39 is 0 Å². The molecule has 106 valence electrons. The highest BCUT2D eigenvalue weighted by molar-refractivity contribution is 7.15. The number of aromatic nitrogens is 1. The van der Waals surface area contributed by atoms with Gasteiger partial charge in [0.25, 0.3) is 0 Å². The second-order valence-electron chi connectivity index (χ2n) is 7.05. The number of thiazole rings is 1. The largest absolute Gasteiger partial charge is 0.345 e. The summed E-state index contributed by atoms with van der Waals surface area (Å²) in [5.41, 5.74) is 7.22. The maximum Gasteiger partial charge on any atom is 0.186 e. The Labute approximate surface area is 120 Å². The van der Waals surface area contributed by atoms with Gasteiger partial charge in [-0.1, -0.05) is 20.8 Å². The van der Waals surface area contributed by atoms with Gasteiger partial charge in [-0.2, -0.15) is 0 Å². The van der Waals surface area contributed by atoms with Gasteiger partial charge in [0.15, 0.2) is 5.13 Å². The summed E-state index contributed by atoms with van der Waals surface area (Å²) in [6.45, 7) is 8.52. The fourth-order valence-corrected chi connectivity index (χ4v) is 3.76. The molecule has 0 radical (unpaired) electrons. The van der Waals surface area contributed by atoms with Crippen molar-refractivity contribution in [3.05, 3.63) is 10.6 Å². The molecule has 4 heteroatoms. The van der Waals surface area contributed by atoms with Gasteiger partial charge in [0.1, 0.15) is 0 Å². The second kappa shape index (κ2) is 4.74. The van der Waals surface area contributed by atoms with Gasteiger partial charge in [-0.3, -0.25) is 0 Å². The zero-order chi connectivity index (χ0) is 13.6. The molecule has 0 saturated heterocycles. The van der Waals surface area contributed by atoms with Crippen LogP contribution in [0.1, 0.15) is 57.0 Å². The van der Waals surface area contributed by atoms with Gasteiger partial charge in [0.2, 0.25) is 0 Å². The van der Waals surface area contributed by atoms with Crippen molar-refractivity contribution in [2.75, 3.05) is 11.4 Å². The quantitative estimate of drug-likeness (QED) is 0.899. The SMILES string of the molecule is CC(C)(C)c1nc(N(CC2CC2)C2CC2)sc1CN. The monoisotopic (exact) mass is 279 g/mol. The molecular weight excluding hydrogens is 254 g/mol. The number of hydrogen-bond donors (Lipinski definition) is 1. The molecular formula is C15H25N3S. The van der Waals surface area contributed by atoms with E-state index in [-0.39, 0.29) is 5.41 Å². The Morgan fingerprint density at radius 3 is 2.37 bits per heavy atom. The van der Waals surface area contributed by atoms with Crippen LogP contribution in [0.2, 0.25) is 0 Å². The molecule has 2 fully saturated rings. The van der Waals surface area contributed by atoms with Crippen LogP contribution in [0.5, 0.6) is 0 Å². The molecule has 0 atom stereocenters. The topological polar surface area (TPSA) is 42.2 Å². The Kier molecular flexibility index (Phi) is 3.34. The van der Waals surface area contributed by atoms with Crippen molar-refractivity contribution in [3.8, 4) is 0 Å². The molecule has 19 heavy (non-hydrogen) atoms. The summed E-state index contributed by atoms with van der Waals surface area (Å²) in [5, 5.41) is 1.22. The minimum Gasteiger partial charge on any atom is -0.345 e. The van der Waals surface area contributed by atoms with Crippen LogP contribution in [0, 0.1) is 5.92 Å². The van der Waals surface area contributed by atoms with Crippen molar-refractivity contribution in [1.82, 2.24) is 4.98 Å². The van der Waals surface area contributed by atoms with E-state index in [9.17, 15) is 0 Å². The third-order valence-electron chi connectivity index (χ3n) is 3.97. The molecule has 0 amide bonds. The van der Waals surface area contributed by atoms with Gasteiger partial charge in [0.05, 0.1) is 5.69 Å². The lowest BCUT2D eigenvalue weighted by Crippen LogP contribution is -2.28. The Balaban J connectivity index is 1.87. The Bertz CT molecular complexity index is 452. The highest BCUT2D eigenvalue weighted by Gasteiger charge is 2.36. The zero-order valence-electron chi connectivity index (χ0n) is 12.3. The summed E-state index contributed by atoms with van der Waals surface area (Å²) in [5.74, 6) is 0.920. The summed E-state index contributed by atoms with van der Waals surface area (Å²) in [4.78, 5) is 8.79. The second-order valence-corrected chi connectivity index (χ2v) is 8.11. The minimum absolute atomic E-state index is 0.0955. The molecule has 2 aliphatic carbocycles. The Hall–Kier alpha value is -0.610. The summed E-state index contributed by atoms with van der Waals surface area (Å²) >= 11 is 1.82. The van der Waals surface area contributed by atoms with Crippen molar-refractivity contribution in [2.45, 2.75) is 64.5 Å². The predicted molar refractivity (Wildman–Crippen MR) is 81.8 cm³/mol. The van der Waals surface area contributed by atoms with Crippen LogP contribution >= 0.6 is 11.3 Å². The van der Waals surface area contributed by atoms with E-state index >= 15 is 0 Å². The predicted octanol–water partition coefficient (Wildman–Crippen LogP) is 3.28. The molecule has 1 heterocycles. The fourth-order valence-electron chi connectivity index (χ4n) is 2.53. The summed E-state index contributed by atoms with van der Waals surface area (Å²) in [6.07, 6.45) is 5.50. The molecule has 0 aliphatic heterocycles. The molecule has 1 aromatic rings. The van der Waals surface area contributed by atoms with Crippen LogP contribution in [-0.2, 0) is 12.0 Å². The molecule has 3 nitrogen and oxygen atoms in total. The molecule has 0 bridgehead atoms. The standard InChI is InChI=1S/C15H25N3S/c1-15(2,3)13-12(8-16)19-14(17-13)18(11-6-7-11)9-10-4-5-10/h10-11H,4-9,16H2,1-3H3. The summed E-state index contributed by atoms with van der Waals surface area (Å²) in [7, 11) is 0. The van der Waals surface area contributed by atoms with Crippen molar-refractivity contribution in [1.29, 1.82) is 0 Å². The average molecular weight is 279 g/mol. The van der Waals surface area contributed by atoms with E-state index in [1.165, 1.54) is 47.9 Å². The first-order valence-corrected chi connectivity index (χ1v) is 8.27. The molecule has 0 unspecified atom stereocenters. The number of nitrogens with zero attached hydrogens (tertiary/aromatic N) is 2. The van der Waals surface area contributed by atoms with Crippen molar-refractivity contribution in [3.63, 3.8) is 0 Å². The first kappa shape index (κ1) is 13.4. The van der Waals surface area contributed by atoms with E-state index in [0.29, 0.717) is 6.54 Å². The molecule has 3 rings (SSSR count). The minimum atomic E-state index is 0.0955. The highest BCUT2D eigenvalue weighted by Crippen LogP contribution is 2.41. The van der Waals surface area contributed by atoms with E-state index in [0.717, 1.165) is 12.0 Å². The first-order chi connectivity index (χ1) is 8.99. The van der Waals surface area contributed by atoms with E-state index in [4.69, 9.17) is 10.7 Å². The van der Waals surface area contributed by atoms with Crippen LogP contribution in [0.25, 0.3) is 0 Å². The van der Waals surface area contributed by atoms with E-state index in [2.05, 4.69) is 25.7 Å². The maximum absolute atomic E-state index is 5.92. The maximum atomic E-state index is 5.92. The van der Waals surface area contributed by atoms with Crippen LogP contribution in [-0.4, -0.2) is 17.6 Å². The number of hydrogen-bond acceptors (Lipinski definition) is 4. The Morgan fingerprint density at radius 2 is 1.95 bits per heavy atom. The van der Waals surface area contributed by atoms with E-state index in [1.807, 2.05) is 11.3 Å². The lowest BCUT2D eigenvalue weighted by Gasteiger charge is -2.21. The van der Waals surface area contributed by atoms with Crippen molar-refractivity contribution >= 4 is 16.5 Å². The van der Waals surface area contributed by atoms with Crippen molar-refractivity contribution in [2.24, 2.45) is 11.7 Å². The molecule has 0 spiro atoms. The van der Waals surface area contributed by atoms with Gasteiger partial charge < -0.3 is 10.6 Å². The lowest BCUT2D eigenvalue weighted by atomic mass is 9.91. The van der Waals surface area contributed by atoms with Gasteiger partial charge in [-0.05, 0) is 31.6 Å². The van der Waals surface area contributed by atoms with Crippen LogP contribution in [0.3, 0.4) is 0 Å². The number of nitrogens with two attached hydrogens (primary N) is 1. The third-order valence-corrected chi connectivity index (χ3v) is 5.08. The smallest absolute Gasteiger partial charge is 0.186 e. The average Bonchev–Trinajstić information content (AvgIpc) is 3.22. The molecule has 0 aromatic carbocycles. The van der Waals surface area contributed by atoms with Gasteiger partial charge >= 0.3 is 0 Å². The number of anilines is 1.